The quantitative estimate of drug-likeness (QED) is 0.747. The van der Waals surface area contributed by atoms with Crippen molar-refractivity contribution in [3.05, 3.63) is 53.6 Å². The number of hydrogen-bond donors (Lipinski definition) is 1. The number of amides is 1. The van der Waals surface area contributed by atoms with Gasteiger partial charge in [-0.3, -0.25) is 9.10 Å². The van der Waals surface area contributed by atoms with E-state index in [1.54, 1.807) is 30.3 Å². The predicted molar refractivity (Wildman–Crippen MR) is 119 cm³/mol. The number of carbonyl (C=O) groups excluding carboxylic acids is 1. The van der Waals surface area contributed by atoms with Crippen LogP contribution in [-0.2, 0) is 10.0 Å². The summed E-state index contributed by atoms with van der Waals surface area (Å²) < 4.78 is 33.0. The molecule has 0 heterocycles. The van der Waals surface area contributed by atoms with Crippen molar-refractivity contribution in [2.45, 2.75) is 50.5 Å². The van der Waals surface area contributed by atoms with Crippen molar-refractivity contribution in [2.75, 3.05) is 18.5 Å². The smallest absolute Gasteiger partial charge is 0.264 e. The topological polar surface area (TPSA) is 75.7 Å². The summed E-state index contributed by atoms with van der Waals surface area (Å²) in [6, 6.07) is 11.7. The fraction of sp³-hybridized carbons (Fsp3) is 0.435. The number of rotatable bonds is 6. The molecular formula is C23H30N2O4S. The zero-order valence-electron chi connectivity index (χ0n) is 18.0. The Bertz CT molecular complexity index is 1020. The molecule has 162 valence electrons. The number of carbonyl (C=O) groups is 1. The Morgan fingerprint density at radius 3 is 2.53 bits per heavy atom. The number of nitrogens with zero attached hydrogens (tertiary/aromatic N) is 1. The number of nitrogens with one attached hydrogen (secondary N) is 1. The number of para-hydroxylation sites is 2. The molecule has 1 aliphatic carbocycles. The highest BCUT2D eigenvalue weighted by Crippen LogP contribution is 2.31. The van der Waals surface area contributed by atoms with Crippen molar-refractivity contribution in [3.8, 4) is 5.75 Å². The van der Waals surface area contributed by atoms with Gasteiger partial charge in [0.1, 0.15) is 5.75 Å². The van der Waals surface area contributed by atoms with E-state index >= 15 is 0 Å². The lowest BCUT2D eigenvalue weighted by Gasteiger charge is -2.29. The first-order valence-corrected chi connectivity index (χ1v) is 11.7. The van der Waals surface area contributed by atoms with Crippen molar-refractivity contribution in [2.24, 2.45) is 5.92 Å². The fourth-order valence-electron chi connectivity index (χ4n) is 3.96. The van der Waals surface area contributed by atoms with E-state index in [4.69, 9.17) is 4.74 Å². The molecule has 30 heavy (non-hydrogen) atoms. The van der Waals surface area contributed by atoms with Crippen molar-refractivity contribution >= 4 is 21.6 Å². The first kappa shape index (κ1) is 22.2. The lowest BCUT2D eigenvalue weighted by Crippen LogP contribution is -2.41. The van der Waals surface area contributed by atoms with Gasteiger partial charge in [0.2, 0.25) is 0 Å². The Hall–Kier alpha value is -2.54. The van der Waals surface area contributed by atoms with Crippen molar-refractivity contribution < 1.29 is 17.9 Å². The first-order valence-electron chi connectivity index (χ1n) is 10.3. The molecule has 2 aromatic rings. The average Bonchev–Trinajstić information content (AvgIpc) is 2.74. The Morgan fingerprint density at radius 2 is 1.83 bits per heavy atom. The second kappa shape index (κ2) is 9.08. The van der Waals surface area contributed by atoms with Gasteiger partial charge in [-0.1, -0.05) is 38.0 Å². The van der Waals surface area contributed by atoms with Crippen LogP contribution in [0.15, 0.2) is 47.4 Å². The minimum Gasteiger partial charge on any atom is -0.495 e. The zero-order valence-corrected chi connectivity index (χ0v) is 18.8. The fourth-order valence-corrected chi connectivity index (χ4v) is 5.19. The van der Waals surface area contributed by atoms with Gasteiger partial charge in [0.15, 0.2) is 0 Å². The maximum Gasteiger partial charge on any atom is 0.264 e. The highest BCUT2D eigenvalue weighted by atomic mass is 32.2. The molecule has 0 aromatic heterocycles. The van der Waals surface area contributed by atoms with Crippen molar-refractivity contribution in [1.82, 2.24) is 5.32 Å². The van der Waals surface area contributed by atoms with Gasteiger partial charge in [0.25, 0.3) is 15.9 Å². The van der Waals surface area contributed by atoms with Crippen LogP contribution in [0.5, 0.6) is 5.75 Å². The third-order valence-corrected chi connectivity index (χ3v) is 7.73. The summed E-state index contributed by atoms with van der Waals surface area (Å²) in [5, 5.41) is 3.12. The van der Waals surface area contributed by atoms with Crippen LogP contribution in [0.1, 0.15) is 48.5 Å². The van der Waals surface area contributed by atoms with Gasteiger partial charge >= 0.3 is 0 Å². The van der Waals surface area contributed by atoms with E-state index in [0.29, 0.717) is 22.9 Å². The molecule has 1 saturated carbocycles. The van der Waals surface area contributed by atoms with Gasteiger partial charge in [-0.25, -0.2) is 8.42 Å². The predicted octanol–water partition coefficient (Wildman–Crippen LogP) is 4.14. The molecule has 0 aliphatic heterocycles. The number of methoxy groups -OCH3 is 1. The van der Waals surface area contributed by atoms with E-state index in [-0.39, 0.29) is 16.8 Å². The zero-order chi connectivity index (χ0) is 21.9. The Balaban J connectivity index is 1.90. The van der Waals surface area contributed by atoms with Crippen molar-refractivity contribution in [1.29, 1.82) is 0 Å². The van der Waals surface area contributed by atoms with E-state index in [2.05, 4.69) is 12.2 Å². The third kappa shape index (κ3) is 4.46. The monoisotopic (exact) mass is 430 g/mol. The summed E-state index contributed by atoms with van der Waals surface area (Å²) in [7, 11) is -0.885. The maximum absolute atomic E-state index is 13.3. The number of benzene rings is 2. The lowest BCUT2D eigenvalue weighted by atomic mass is 9.86. The van der Waals surface area contributed by atoms with Crippen LogP contribution in [0, 0.1) is 12.8 Å². The van der Waals surface area contributed by atoms with Crippen LogP contribution < -0.4 is 14.4 Å². The van der Waals surface area contributed by atoms with E-state index in [9.17, 15) is 13.2 Å². The normalized spacial score (nSPS) is 19.2. The number of aryl methyl sites for hydroxylation is 1. The highest BCUT2D eigenvalue weighted by Gasteiger charge is 2.27. The van der Waals surface area contributed by atoms with Gasteiger partial charge in [-0.05, 0) is 55.5 Å². The molecule has 2 unspecified atom stereocenters. The summed E-state index contributed by atoms with van der Waals surface area (Å²) in [5.74, 6) is 0.662. The molecule has 0 bridgehead atoms. The van der Waals surface area contributed by atoms with Crippen LogP contribution in [0.3, 0.4) is 0 Å². The lowest BCUT2D eigenvalue weighted by molar-refractivity contribution is 0.0909. The largest absolute Gasteiger partial charge is 0.495 e. The molecule has 1 N–H and O–H groups in total. The van der Waals surface area contributed by atoms with Gasteiger partial charge in [-0.2, -0.15) is 0 Å². The number of anilines is 1. The molecule has 0 spiro atoms. The molecule has 2 aromatic carbocycles. The number of sulfonamides is 1. The second-order valence-electron chi connectivity index (χ2n) is 7.96. The molecule has 1 amide bonds. The van der Waals surface area contributed by atoms with E-state index in [1.165, 1.54) is 37.0 Å². The Kier molecular flexibility index (Phi) is 6.71. The summed E-state index contributed by atoms with van der Waals surface area (Å²) >= 11 is 0. The summed E-state index contributed by atoms with van der Waals surface area (Å²) in [6.45, 7) is 3.97. The summed E-state index contributed by atoms with van der Waals surface area (Å²) in [4.78, 5) is 13.0. The molecule has 0 saturated heterocycles. The maximum atomic E-state index is 13.3. The highest BCUT2D eigenvalue weighted by molar-refractivity contribution is 7.92. The molecular weight excluding hydrogens is 400 g/mol. The van der Waals surface area contributed by atoms with Crippen molar-refractivity contribution in [3.63, 3.8) is 0 Å². The van der Waals surface area contributed by atoms with Crippen LogP contribution in [0.2, 0.25) is 0 Å². The third-order valence-electron chi connectivity index (χ3n) is 5.96. The van der Waals surface area contributed by atoms with Crippen LogP contribution in [0.4, 0.5) is 5.69 Å². The minimum atomic E-state index is -3.87. The van der Waals surface area contributed by atoms with E-state index in [1.807, 2.05) is 6.92 Å². The van der Waals surface area contributed by atoms with Gasteiger partial charge in [-0.15, -0.1) is 0 Å². The van der Waals surface area contributed by atoms with Gasteiger partial charge < -0.3 is 10.1 Å². The average molecular weight is 431 g/mol. The summed E-state index contributed by atoms with van der Waals surface area (Å²) in [5.41, 5.74) is 1.57. The van der Waals surface area contributed by atoms with E-state index in [0.717, 1.165) is 24.8 Å². The number of ether oxygens (including phenoxy) is 1. The van der Waals surface area contributed by atoms with Crippen LogP contribution in [-0.4, -0.2) is 34.5 Å². The molecule has 1 aliphatic rings. The standard InChI is InChI=1S/C23H30N2O4S/c1-16-13-14-18(15-19(16)23(26)24-20-10-6-5-9-17(20)2)30(27,28)25(3)21-11-7-8-12-22(21)29-4/h7-8,11-15,17,20H,5-6,9-10H2,1-4H3,(H,24,26). The Morgan fingerprint density at radius 1 is 1.13 bits per heavy atom. The summed E-state index contributed by atoms with van der Waals surface area (Å²) in [6.07, 6.45) is 4.35. The van der Waals surface area contributed by atoms with Crippen LogP contribution >= 0.6 is 0 Å². The SMILES string of the molecule is COc1ccccc1N(C)S(=O)(=O)c1ccc(C)c(C(=O)NC2CCCCC2C)c1. The molecule has 3 rings (SSSR count). The molecule has 6 nitrogen and oxygen atoms in total. The molecule has 1 fully saturated rings. The van der Waals surface area contributed by atoms with E-state index < -0.39 is 10.0 Å². The Labute approximate surface area is 179 Å². The second-order valence-corrected chi connectivity index (χ2v) is 9.93. The minimum absolute atomic E-state index is 0.0725. The molecule has 0 radical (unpaired) electrons. The molecule has 2 atom stereocenters. The first-order chi connectivity index (χ1) is 14.3. The van der Waals surface area contributed by atoms with Gasteiger partial charge in [0.05, 0.1) is 17.7 Å². The van der Waals surface area contributed by atoms with Crippen LogP contribution in [0.25, 0.3) is 0 Å². The molecule has 7 heteroatoms. The number of hydrogen-bond acceptors (Lipinski definition) is 4. The van der Waals surface area contributed by atoms with Gasteiger partial charge in [0, 0.05) is 18.7 Å².